The Labute approximate surface area is 177 Å². The molecule has 1 aromatic carbocycles. The van der Waals surface area contributed by atoms with E-state index in [0.717, 1.165) is 59.8 Å². The van der Waals surface area contributed by atoms with Crippen LogP contribution in [-0.2, 0) is 22.6 Å². The first-order chi connectivity index (χ1) is 14.7. The number of benzene rings is 1. The van der Waals surface area contributed by atoms with Crippen LogP contribution in [0.2, 0.25) is 0 Å². The summed E-state index contributed by atoms with van der Waals surface area (Å²) in [5.41, 5.74) is 2.98. The maximum atomic E-state index is 9.03. The molecule has 8 heteroatoms. The third-order valence-corrected chi connectivity index (χ3v) is 5.58. The summed E-state index contributed by atoms with van der Waals surface area (Å²) < 4.78 is 13.5. The summed E-state index contributed by atoms with van der Waals surface area (Å²) >= 11 is 0. The fourth-order valence-corrected chi connectivity index (χ4v) is 3.97. The molecule has 162 valence electrons. The average molecular weight is 414 g/mol. The molecule has 0 unspecified atom stereocenters. The molecular formula is C22H31N5O3. The molecule has 1 saturated heterocycles. The number of aliphatic hydroxyl groups is 1. The SMILES string of the molecule is CCOCc1nc2c(N3CCN(C)CC3)nc3ccccc3c2n1CCOCCO. The van der Waals surface area contributed by atoms with Gasteiger partial charge in [0.1, 0.15) is 17.9 Å². The van der Waals surface area contributed by atoms with Gasteiger partial charge in [0.2, 0.25) is 0 Å². The number of hydrogen-bond donors (Lipinski definition) is 1. The molecule has 0 spiro atoms. The molecule has 2 aromatic heterocycles. The fraction of sp³-hybridized carbons (Fsp3) is 0.545. The van der Waals surface area contributed by atoms with Gasteiger partial charge in [0.05, 0.1) is 30.9 Å². The lowest BCUT2D eigenvalue weighted by Gasteiger charge is -2.33. The number of imidazole rings is 1. The predicted molar refractivity (Wildman–Crippen MR) is 118 cm³/mol. The van der Waals surface area contributed by atoms with Gasteiger partial charge in [0, 0.05) is 44.7 Å². The van der Waals surface area contributed by atoms with Crippen LogP contribution in [0.1, 0.15) is 12.7 Å². The number of aromatic nitrogens is 3. The van der Waals surface area contributed by atoms with E-state index in [1.807, 2.05) is 19.1 Å². The first kappa shape index (κ1) is 21.0. The van der Waals surface area contributed by atoms with Crippen molar-refractivity contribution in [2.24, 2.45) is 0 Å². The second kappa shape index (κ2) is 9.70. The molecule has 0 saturated carbocycles. The van der Waals surface area contributed by atoms with E-state index >= 15 is 0 Å². The number of likely N-dealkylation sites (N-methyl/N-ethyl adjacent to an activating group) is 1. The van der Waals surface area contributed by atoms with Gasteiger partial charge in [0.25, 0.3) is 0 Å². The van der Waals surface area contributed by atoms with E-state index in [2.05, 4.69) is 33.5 Å². The van der Waals surface area contributed by atoms with Gasteiger partial charge in [-0.1, -0.05) is 18.2 Å². The third kappa shape index (κ3) is 4.27. The van der Waals surface area contributed by atoms with Gasteiger partial charge < -0.3 is 28.9 Å². The van der Waals surface area contributed by atoms with Crippen molar-refractivity contribution in [3.63, 3.8) is 0 Å². The zero-order valence-corrected chi connectivity index (χ0v) is 17.9. The number of rotatable bonds is 9. The van der Waals surface area contributed by atoms with Crippen molar-refractivity contribution in [2.45, 2.75) is 20.1 Å². The second-order valence-electron chi connectivity index (χ2n) is 7.59. The first-order valence-electron chi connectivity index (χ1n) is 10.7. The van der Waals surface area contributed by atoms with E-state index in [0.29, 0.717) is 33.0 Å². The summed E-state index contributed by atoms with van der Waals surface area (Å²) in [6, 6.07) is 8.24. The van der Waals surface area contributed by atoms with Crippen LogP contribution in [0.5, 0.6) is 0 Å². The van der Waals surface area contributed by atoms with E-state index in [1.165, 1.54) is 0 Å². The van der Waals surface area contributed by atoms with Crippen LogP contribution < -0.4 is 4.90 Å². The number of anilines is 1. The van der Waals surface area contributed by atoms with E-state index in [4.69, 9.17) is 24.5 Å². The zero-order valence-electron chi connectivity index (χ0n) is 17.9. The molecule has 1 N–H and O–H groups in total. The van der Waals surface area contributed by atoms with E-state index in [9.17, 15) is 0 Å². The van der Waals surface area contributed by atoms with Gasteiger partial charge in [0.15, 0.2) is 5.82 Å². The van der Waals surface area contributed by atoms with Gasteiger partial charge >= 0.3 is 0 Å². The number of hydrogen-bond acceptors (Lipinski definition) is 7. The molecule has 8 nitrogen and oxygen atoms in total. The number of nitrogens with zero attached hydrogens (tertiary/aromatic N) is 5. The quantitative estimate of drug-likeness (QED) is 0.537. The van der Waals surface area contributed by atoms with Gasteiger partial charge in [-0.25, -0.2) is 9.97 Å². The van der Waals surface area contributed by atoms with Crippen molar-refractivity contribution in [1.29, 1.82) is 0 Å². The second-order valence-corrected chi connectivity index (χ2v) is 7.59. The summed E-state index contributed by atoms with van der Waals surface area (Å²) in [6.45, 7) is 8.48. The first-order valence-corrected chi connectivity index (χ1v) is 10.7. The van der Waals surface area contributed by atoms with Crippen LogP contribution in [-0.4, -0.2) is 84.2 Å². The Morgan fingerprint density at radius 3 is 2.60 bits per heavy atom. The standard InChI is InChI=1S/C22H31N5O3/c1-3-29-16-19-24-20-21(27(19)12-14-30-15-13-28)17-6-4-5-7-18(17)23-22(20)26-10-8-25(2)9-11-26/h4-7,28H,3,8-16H2,1-2H3. The smallest absolute Gasteiger partial charge is 0.157 e. The lowest BCUT2D eigenvalue weighted by Crippen LogP contribution is -2.44. The van der Waals surface area contributed by atoms with Gasteiger partial charge in [-0.05, 0) is 20.0 Å². The molecule has 1 fully saturated rings. The minimum Gasteiger partial charge on any atom is -0.394 e. The maximum absolute atomic E-state index is 9.03. The average Bonchev–Trinajstić information content (AvgIpc) is 3.14. The molecule has 1 aliphatic heterocycles. The summed E-state index contributed by atoms with van der Waals surface area (Å²) in [6.07, 6.45) is 0. The number of fused-ring (bicyclic) bond motifs is 3. The minimum atomic E-state index is 0.0247. The normalized spacial score (nSPS) is 15.5. The van der Waals surface area contributed by atoms with Crippen molar-refractivity contribution in [3.05, 3.63) is 30.1 Å². The van der Waals surface area contributed by atoms with E-state index < -0.39 is 0 Å². The molecule has 3 heterocycles. The minimum absolute atomic E-state index is 0.0247. The Morgan fingerprint density at radius 1 is 1.03 bits per heavy atom. The predicted octanol–water partition coefficient (Wildman–Crippen LogP) is 1.88. The van der Waals surface area contributed by atoms with Crippen LogP contribution in [0, 0.1) is 0 Å². The van der Waals surface area contributed by atoms with Crippen LogP contribution >= 0.6 is 0 Å². The van der Waals surface area contributed by atoms with Crippen LogP contribution in [0.4, 0.5) is 5.82 Å². The lowest BCUT2D eigenvalue weighted by atomic mass is 10.1. The summed E-state index contributed by atoms with van der Waals surface area (Å²) in [5.74, 6) is 1.83. The summed E-state index contributed by atoms with van der Waals surface area (Å²) in [4.78, 5) is 14.7. The van der Waals surface area contributed by atoms with Crippen LogP contribution in [0.3, 0.4) is 0 Å². The molecule has 0 radical (unpaired) electrons. The monoisotopic (exact) mass is 413 g/mol. The number of para-hydroxylation sites is 1. The molecule has 0 atom stereocenters. The molecule has 0 amide bonds. The van der Waals surface area contributed by atoms with E-state index in [-0.39, 0.29) is 6.61 Å². The molecule has 1 aliphatic rings. The Hall–Kier alpha value is -2.26. The molecular weight excluding hydrogens is 382 g/mol. The Kier molecular flexibility index (Phi) is 6.79. The lowest BCUT2D eigenvalue weighted by molar-refractivity contribution is 0.0845. The molecule has 0 aliphatic carbocycles. The van der Waals surface area contributed by atoms with Crippen molar-refractivity contribution < 1.29 is 14.6 Å². The van der Waals surface area contributed by atoms with Crippen molar-refractivity contribution in [3.8, 4) is 0 Å². The van der Waals surface area contributed by atoms with Crippen molar-refractivity contribution >= 4 is 27.8 Å². The maximum Gasteiger partial charge on any atom is 0.157 e. The summed E-state index contributed by atoms with van der Waals surface area (Å²) in [7, 11) is 2.15. The molecule has 4 rings (SSSR count). The highest BCUT2D eigenvalue weighted by Crippen LogP contribution is 2.32. The zero-order chi connectivity index (χ0) is 20.9. The van der Waals surface area contributed by atoms with E-state index in [1.54, 1.807) is 0 Å². The number of ether oxygens (including phenoxy) is 2. The van der Waals surface area contributed by atoms with Gasteiger partial charge in [-0.3, -0.25) is 0 Å². The van der Waals surface area contributed by atoms with Gasteiger partial charge in [-0.2, -0.15) is 0 Å². The molecule has 0 bridgehead atoms. The van der Waals surface area contributed by atoms with Crippen molar-refractivity contribution in [1.82, 2.24) is 19.4 Å². The van der Waals surface area contributed by atoms with Crippen LogP contribution in [0.15, 0.2) is 24.3 Å². The molecule has 30 heavy (non-hydrogen) atoms. The topological polar surface area (TPSA) is 75.9 Å². The Morgan fingerprint density at radius 2 is 1.83 bits per heavy atom. The van der Waals surface area contributed by atoms with Crippen molar-refractivity contribution in [2.75, 3.05) is 64.6 Å². The largest absolute Gasteiger partial charge is 0.394 e. The highest BCUT2D eigenvalue weighted by Gasteiger charge is 2.23. The third-order valence-electron chi connectivity index (χ3n) is 5.58. The highest BCUT2D eigenvalue weighted by atomic mass is 16.5. The Balaban J connectivity index is 1.84. The number of aliphatic hydroxyl groups excluding tert-OH is 1. The Bertz CT molecular complexity index is 982. The number of pyridine rings is 1. The van der Waals surface area contributed by atoms with Crippen LogP contribution in [0.25, 0.3) is 21.9 Å². The van der Waals surface area contributed by atoms with Gasteiger partial charge in [-0.15, -0.1) is 0 Å². The fourth-order valence-electron chi connectivity index (χ4n) is 3.97. The highest BCUT2D eigenvalue weighted by molar-refractivity contribution is 6.07. The number of piperazine rings is 1. The summed E-state index contributed by atoms with van der Waals surface area (Å²) in [5, 5.41) is 10.1. The molecule has 3 aromatic rings.